The van der Waals surface area contributed by atoms with Crippen LogP contribution in [0.2, 0.25) is 0 Å². The van der Waals surface area contributed by atoms with Gasteiger partial charge in [0.25, 0.3) is 5.91 Å². The van der Waals surface area contributed by atoms with E-state index in [0.29, 0.717) is 12.1 Å². The summed E-state index contributed by atoms with van der Waals surface area (Å²) < 4.78 is 0.816. The van der Waals surface area contributed by atoms with Crippen LogP contribution in [0.3, 0.4) is 0 Å². The van der Waals surface area contributed by atoms with E-state index in [1.807, 2.05) is 25.1 Å². The second kappa shape index (κ2) is 7.02. The number of alkyl halides is 1. The molecule has 0 saturated carbocycles. The normalized spacial score (nSPS) is 12.2. The van der Waals surface area contributed by atoms with Crippen molar-refractivity contribution in [3.63, 3.8) is 0 Å². The Labute approximate surface area is 116 Å². The molecule has 1 rings (SSSR count). The molecule has 4 heteroatoms. The molecule has 94 valence electrons. The molecule has 17 heavy (non-hydrogen) atoms. The van der Waals surface area contributed by atoms with E-state index in [0.717, 1.165) is 22.9 Å². The Morgan fingerprint density at radius 2 is 2.24 bits per heavy atom. The number of halogens is 2. The summed E-state index contributed by atoms with van der Waals surface area (Å²) >= 11 is 9.44. The minimum absolute atomic E-state index is 0.00757. The number of carbonyl (C=O) groups excluding carboxylic acids is 1. The van der Waals surface area contributed by atoms with Gasteiger partial charge in [0, 0.05) is 11.0 Å². The van der Waals surface area contributed by atoms with Crippen molar-refractivity contribution in [1.29, 1.82) is 0 Å². The highest BCUT2D eigenvalue weighted by molar-refractivity contribution is 9.10. The highest BCUT2D eigenvalue weighted by Crippen LogP contribution is 2.18. The third-order valence-corrected chi connectivity index (χ3v) is 3.48. The van der Waals surface area contributed by atoms with Crippen LogP contribution in [0.5, 0.6) is 0 Å². The Balaban J connectivity index is 2.58. The molecule has 0 aromatic heterocycles. The van der Waals surface area contributed by atoms with Crippen LogP contribution < -0.4 is 5.32 Å². The van der Waals surface area contributed by atoms with Crippen LogP contribution in [-0.2, 0) is 0 Å². The van der Waals surface area contributed by atoms with Gasteiger partial charge in [0.1, 0.15) is 0 Å². The van der Waals surface area contributed by atoms with Gasteiger partial charge in [-0.15, -0.1) is 11.6 Å². The van der Waals surface area contributed by atoms with Crippen LogP contribution in [0.25, 0.3) is 0 Å². The van der Waals surface area contributed by atoms with Crippen molar-refractivity contribution in [3.05, 3.63) is 33.8 Å². The highest BCUT2D eigenvalue weighted by Gasteiger charge is 2.11. The number of carbonyl (C=O) groups is 1. The summed E-state index contributed by atoms with van der Waals surface area (Å²) in [5.41, 5.74) is 1.77. The SMILES string of the molecule is CCCC(Cl)CNC(=O)c1ccc(C)cc1Br. The molecule has 1 atom stereocenters. The minimum Gasteiger partial charge on any atom is -0.351 e. The van der Waals surface area contributed by atoms with Gasteiger partial charge in [0.05, 0.1) is 10.9 Å². The molecule has 0 radical (unpaired) electrons. The first-order chi connectivity index (χ1) is 8.04. The average Bonchev–Trinajstić information content (AvgIpc) is 2.26. The Morgan fingerprint density at radius 3 is 2.82 bits per heavy atom. The predicted octanol–water partition coefficient (Wildman–Crippen LogP) is 3.89. The van der Waals surface area contributed by atoms with Crippen molar-refractivity contribution in [2.45, 2.75) is 32.1 Å². The molecular formula is C13H17BrClNO. The molecule has 0 fully saturated rings. The Kier molecular flexibility index (Phi) is 6.00. The van der Waals surface area contributed by atoms with E-state index in [1.54, 1.807) is 0 Å². The van der Waals surface area contributed by atoms with Crippen LogP contribution >= 0.6 is 27.5 Å². The van der Waals surface area contributed by atoms with E-state index in [4.69, 9.17) is 11.6 Å². The monoisotopic (exact) mass is 317 g/mol. The number of hydrogen-bond acceptors (Lipinski definition) is 1. The van der Waals surface area contributed by atoms with Crippen molar-refractivity contribution < 1.29 is 4.79 Å². The Morgan fingerprint density at radius 1 is 1.53 bits per heavy atom. The summed E-state index contributed by atoms with van der Waals surface area (Å²) in [5, 5.41) is 2.85. The number of amides is 1. The molecule has 1 N–H and O–H groups in total. The topological polar surface area (TPSA) is 29.1 Å². The lowest BCUT2D eigenvalue weighted by Crippen LogP contribution is -2.29. The van der Waals surface area contributed by atoms with Crippen molar-refractivity contribution >= 4 is 33.4 Å². The van der Waals surface area contributed by atoms with Gasteiger partial charge in [0.15, 0.2) is 0 Å². The molecule has 1 amide bonds. The fourth-order valence-corrected chi connectivity index (χ4v) is 2.49. The van der Waals surface area contributed by atoms with Crippen LogP contribution in [0.4, 0.5) is 0 Å². The standard InChI is InChI=1S/C13H17BrClNO/c1-3-4-10(15)8-16-13(17)11-6-5-9(2)7-12(11)14/h5-7,10H,3-4,8H2,1-2H3,(H,16,17). The van der Waals surface area contributed by atoms with E-state index in [2.05, 4.69) is 28.2 Å². The van der Waals surface area contributed by atoms with Gasteiger partial charge >= 0.3 is 0 Å². The van der Waals surface area contributed by atoms with Crippen molar-refractivity contribution in [2.75, 3.05) is 6.54 Å². The van der Waals surface area contributed by atoms with Gasteiger partial charge in [-0.3, -0.25) is 4.79 Å². The maximum atomic E-state index is 11.9. The summed E-state index contributed by atoms with van der Waals surface area (Å²) in [5.74, 6) is -0.0846. The summed E-state index contributed by atoms with van der Waals surface area (Å²) in [4.78, 5) is 11.9. The second-order valence-corrected chi connectivity index (χ2v) is 5.55. The van der Waals surface area contributed by atoms with Crippen LogP contribution in [0.15, 0.2) is 22.7 Å². The summed E-state index contributed by atoms with van der Waals surface area (Å²) in [6.45, 7) is 4.57. The number of benzene rings is 1. The average molecular weight is 319 g/mol. The molecule has 0 bridgehead atoms. The lowest BCUT2D eigenvalue weighted by Gasteiger charge is -2.11. The number of hydrogen-bond donors (Lipinski definition) is 1. The first kappa shape index (κ1) is 14.5. The second-order valence-electron chi connectivity index (χ2n) is 4.08. The number of rotatable bonds is 5. The molecule has 0 aliphatic carbocycles. The summed E-state index contributed by atoms with van der Waals surface area (Å²) in [6, 6.07) is 5.67. The quantitative estimate of drug-likeness (QED) is 0.820. The smallest absolute Gasteiger partial charge is 0.252 e. The van der Waals surface area contributed by atoms with Gasteiger partial charge in [0.2, 0.25) is 0 Å². The molecule has 0 aliphatic heterocycles. The van der Waals surface area contributed by atoms with Crippen LogP contribution in [0.1, 0.15) is 35.7 Å². The fraction of sp³-hybridized carbons (Fsp3) is 0.462. The number of nitrogens with one attached hydrogen (secondary N) is 1. The molecule has 1 aromatic carbocycles. The Bertz CT molecular complexity index is 395. The zero-order chi connectivity index (χ0) is 12.8. The molecular weight excluding hydrogens is 302 g/mol. The predicted molar refractivity (Wildman–Crippen MR) is 75.8 cm³/mol. The molecule has 1 unspecified atom stereocenters. The minimum atomic E-state index is -0.0846. The van der Waals surface area contributed by atoms with E-state index in [1.165, 1.54) is 0 Å². The first-order valence-electron chi connectivity index (χ1n) is 5.73. The van der Waals surface area contributed by atoms with Crippen molar-refractivity contribution in [2.24, 2.45) is 0 Å². The molecule has 1 aromatic rings. The van der Waals surface area contributed by atoms with Gasteiger partial charge in [-0.1, -0.05) is 19.4 Å². The van der Waals surface area contributed by atoms with Gasteiger partial charge < -0.3 is 5.32 Å². The lowest BCUT2D eigenvalue weighted by molar-refractivity contribution is 0.0952. The fourth-order valence-electron chi connectivity index (χ4n) is 1.52. The van der Waals surface area contributed by atoms with Crippen LogP contribution in [-0.4, -0.2) is 17.8 Å². The van der Waals surface area contributed by atoms with E-state index >= 15 is 0 Å². The molecule has 0 saturated heterocycles. The van der Waals surface area contributed by atoms with Crippen LogP contribution in [0, 0.1) is 6.92 Å². The molecule has 0 heterocycles. The summed E-state index contributed by atoms with van der Waals surface area (Å²) in [7, 11) is 0. The number of aryl methyl sites for hydroxylation is 1. The first-order valence-corrected chi connectivity index (χ1v) is 6.96. The van der Waals surface area contributed by atoms with Crippen molar-refractivity contribution in [3.8, 4) is 0 Å². The Hall–Kier alpha value is -0.540. The zero-order valence-electron chi connectivity index (χ0n) is 10.1. The van der Waals surface area contributed by atoms with Crippen molar-refractivity contribution in [1.82, 2.24) is 5.32 Å². The third-order valence-electron chi connectivity index (χ3n) is 2.46. The lowest BCUT2D eigenvalue weighted by atomic mass is 10.1. The maximum absolute atomic E-state index is 11.9. The summed E-state index contributed by atoms with van der Waals surface area (Å²) in [6.07, 6.45) is 1.94. The molecule has 0 aliphatic rings. The zero-order valence-corrected chi connectivity index (χ0v) is 12.4. The van der Waals surface area contributed by atoms with E-state index in [-0.39, 0.29) is 11.3 Å². The largest absolute Gasteiger partial charge is 0.351 e. The van der Waals surface area contributed by atoms with E-state index in [9.17, 15) is 4.79 Å². The maximum Gasteiger partial charge on any atom is 0.252 e. The highest BCUT2D eigenvalue weighted by atomic mass is 79.9. The van der Waals surface area contributed by atoms with Gasteiger partial charge in [-0.05, 0) is 47.0 Å². The van der Waals surface area contributed by atoms with Gasteiger partial charge in [-0.25, -0.2) is 0 Å². The molecule has 0 spiro atoms. The molecule has 2 nitrogen and oxygen atoms in total. The third kappa shape index (κ3) is 4.68. The van der Waals surface area contributed by atoms with Gasteiger partial charge in [-0.2, -0.15) is 0 Å². The van der Waals surface area contributed by atoms with E-state index < -0.39 is 0 Å².